The molecule has 0 fully saturated rings. The van der Waals surface area contributed by atoms with E-state index in [0.717, 1.165) is 44.4 Å². The van der Waals surface area contributed by atoms with Gasteiger partial charge in [-0.3, -0.25) is 0 Å². The van der Waals surface area contributed by atoms with Gasteiger partial charge in [-0.2, -0.15) is 0 Å². The van der Waals surface area contributed by atoms with Crippen molar-refractivity contribution in [3.8, 4) is 67.2 Å². The van der Waals surface area contributed by atoms with Crippen LogP contribution in [-0.2, 0) is 0 Å². The summed E-state index contributed by atoms with van der Waals surface area (Å²) in [7, 11) is 0. The summed E-state index contributed by atoms with van der Waals surface area (Å²) in [5.41, 5.74) is 13.9. The molecule has 0 aliphatic carbocycles. The van der Waals surface area contributed by atoms with Gasteiger partial charge in [-0.1, -0.05) is 194 Å². The van der Waals surface area contributed by atoms with Gasteiger partial charge in [0.15, 0.2) is 11.5 Å². The van der Waals surface area contributed by atoms with Gasteiger partial charge in [0.25, 0.3) is 0 Å². The minimum atomic E-state index is 0.646. The second-order valence-corrected chi connectivity index (χ2v) is 14.0. The van der Waals surface area contributed by atoms with Crippen molar-refractivity contribution in [1.29, 1.82) is 0 Å². The molecular formula is C53H33N3. The highest BCUT2D eigenvalue weighted by atomic mass is 14.9. The van der Waals surface area contributed by atoms with Crippen LogP contribution in [0.1, 0.15) is 0 Å². The van der Waals surface area contributed by atoms with Crippen LogP contribution in [0.2, 0.25) is 0 Å². The van der Waals surface area contributed by atoms with E-state index in [1.807, 2.05) is 42.5 Å². The zero-order valence-electron chi connectivity index (χ0n) is 30.4. The molecule has 0 aliphatic heterocycles. The molecule has 10 rings (SSSR count). The third-order valence-electron chi connectivity index (χ3n) is 10.8. The van der Waals surface area contributed by atoms with Gasteiger partial charge in [-0.05, 0) is 72.1 Å². The first-order valence-electron chi connectivity index (χ1n) is 18.8. The Morgan fingerprint density at radius 2 is 0.714 bits per heavy atom. The minimum absolute atomic E-state index is 0.646. The summed E-state index contributed by atoms with van der Waals surface area (Å²) in [5, 5.41) is 5.82. The Morgan fingerprint density at radius 1 is 0.304 bits per heavy atom. The van der Waals surface area contributed by atoms with Crippen LogP contribution >= 0.6 is 0 Å². The SMILES string of the molecule is [C-]#[N+]c1ccc(-c2ccc(-c3ccc(-c4ccc(-c5nc(-c6ccc(-c7ccccc7)cc6)c6ccccc6n5)cc4)c4ccccc34)c3ccccc23)cc1. The Hall–Kier alpha value is -7.67. The van der Waals surface area contributed by atoms with Gasteiger partial charge in [-0.25, -0.2) is 14.8 Å². The molecule has 0 bridgehead atoms. The van der Waals surface area contributed by atoms with E-state index in [2.05, 4.69) is 163 Å². The van der Waals surface area contributed by atoms with E-state index >= 15 is 0 Å². The monoisotopic (exact) mass is 711 g/mol. The lowest BCUT2D eigenvalue weighted by Gasteiger charge is -2.16. The summed E-state index contributed by atoms with van der Waals surface area (Å²) in [6, 6.07) is 70.2. The van der Waals surface area contributed by atoms with Gasteiger partial charge < -0.3 is 0 Å². The summed E-state index contributed by atoms with van der Waals surface area (Å²) in [4.78, 5) is 13.8. The summed E-state index contributed by atoms with van der Waals surface area (Å²) >= 11 is 0. The van der Waals surface area contributed by atoms with Crippen molar-refractivity contribution in [3.63, 3.8) is 0 Å². The van der Waals surface area contributed by atoms with Crippen molar-refractivity contribution in [3.05, 3.63) is 212 Å². The number of hydrogen-bond acceptors (Lipinski definition) is 2. The third kappa shape index (κ3) is 5.87. The van der Waals surface area contributed by atoms with Gasteiger partial charge in [0.2, 0.25) is 0 Å². The smallest absolute Gasteiger partial charge is 0.187 e. The fraction of sp³-hybridized carbons (Fsp3) is 0. The predicted octanol–water partition coefficient (Wildman–Crippen LogP) is 14.5. The zero-order valence-corrected chi connectivity index (χ0v) is 30.4. The van der Waals surface area contributed by atoms with Gasteiger partial charge in [0, 0.05) is 16.5 Å². The van der Waals surface area contributed by atoms with Crippen LogP contribution in [0.3, 0.4) is 0 Å². The molecule has 0 aliphatic rings. The van der Waals surface area contributed by atoms with Gasteiger partial charge >= 0.3 is 0 Å². The first-order valence-corrected chi connectivity index (χ1v) is 18.8. The van der Waals surface area contributed by atoms with Crippen molar-refractivity contribution in [1.82, 2.24) is 9.97 Å². The van der Waals surface area contributed by atoms with Gasteiger partial charge in [0.1, 0.15) is 0 Å². The molecule has 0 radical (unpaired) electrons. The van der Waals surface area contributed by atoms with E-state index in [-0.39, 0.29) is 0 Å². The van der Waals surface area contributed by atoms with E-state index in [1.54, 1.807) is 0 Å². The number of para-hydroxylation sites is 1. The molecule has 0 N–H and O–H groups in total. The summed E-state index contributed by atoms with van der Waals surface area (Å²) in [6.07, 6.45) is 0. The number of aromatic nitrogens is 2. The molecule has 1 aromatic heterocycles. The molecule has 0 amide bonds. The zero-order chi connectivity index (χ0) is 37.4. The first-order chi connectivity index (χ1) is 27.7. The maximum atomic E-state index is 7.36. The Morgan fingerprint density at radius 3 is 1.29 bits per heavy atom. The molecule has 10 aromatic rings. The van der Waals surface area contributed by atoms with Crippen LogP contribution in [0, 0.1) is 6.57 Å². The molecular weight excluding hydrogens is 679 g/mol. The van der Waals surface area contributed by atoms with Crippen LogP contribution in [0.5, 0.6) is 0 Å². The van der Waals surface area contributed by atoms with E-state index in [9.17, 15) is 0 Å². The highest BCUT2D eigenvalue weighted by molar-refractivity contribution is 6.12. The molecule has 0 saturated heterocycles. The van der Waals surface area contributed by atoms with Crippen LogP contribution in [-0.4, -0.2) is 9.97 Å². The highest BCUT2D eigenvalue weighted by Crippen LogP contribution is 2.41. The molecule has 3 nitrogen and oxygen atoms in total. The standard InChI is InChI=1S/C53H33N3/c1-54-41-29-27-38(28-30-41)43-32-34-49(47-16-8-6-14-45(43)47)48-33-31-42(44-13-5-7-15-46(44)48)37-21-25-40(26-22-37)53-55-51-18-10-9-17-50(51)52(56-53)39-23-19-36(20-24-39)35-11-3-2-4-12-35/h2-34H. The number of rotatable bonds is 6. The van der Waals surface area contributed by atoms with Crippen LogP contribution in [0.15, 0.2) is 200 Å². The first kappa shape index (κ1) is 32.9. The lowest BCUT2D eigenvalue weighted by atomic mass is 9.88. The molecule has 3 heteroatoms. The predicted molar refractivity (Wildman–Crippen MR) is 233 cm³/mol. The second-order valence-electron chi connectivity index (χ2n) is 14.0. The van der Waals surface area contributed by atoms with Crippen LogP contribution in [0.25, 0.3) is 104 Å². The van der Waals surface area contributed by atoms with Gasteiger partial charge in [0.05, 0.1) is 17.8 Å². The largest absolute Gasteiger partial charge is 0.238 e. The number of hydrogen-bond donors (Lipinski definition) is 0. The highest BCUT2D eigenvalue weighted by Gasteiger charge is 2.16. The fourth-order valence-corrected chi connectivity index (χ4v) is 7.96. The normalized spacial score (nSPS) is 11.2. The van der Waals surface area contributed by atoms with E-state index < -0.39 is 0 Å². The maximum Gasteiger partial charge on any atom is 0.187 e. The Bertz CT molecular complexity index is 3100. The van der Waals surface area contributed by atoms with Crippen molar-refractivity contribution >= 4 is 38.1 Å². The quantitative estimate of drug-likeness (QED) is 0.161. The Labute approximate surface area is 325 Å². The maximum absolute atomic E-state index is 7.36. The minimum Gasteiger partial charge on any atom is -0.238 e. The van der Waals surface area contributed by atoms with E-state index in [1.165, 1.54) is 49.4 Å². The summed E-state index contributed by atoms with van der Waals surface area (Å²) in [6.45, 7) is 7.36. The van der Waals surface area contributed by atoms with Crippen LogP contribution in [0.4, 0.5) is 5.69 Å². The van der Waals surface area contributed by atoms with E-state index in [0.29, 0.717) is 11.5 Å². The van der Waals surface area contributed by atoms with Crippen molar-refractivity contribution in [2.45, 2.75) is 0 Å². The summed E-state index contributed by atoms with van der Waals surface area (Å²) < 4.78 is 0. The molecule has 0 spiro atoms. The molecule has 1 heterocycles. The lowest BCUT2D eigenvalue weighted by Crippen LogP contribution is -1.95. The molecule has 260 valence electrons. The number of benzene rings is 9. The van der Waals surface area contributed by atoms with Gasteiger partial charge in [-0.15, -0.1) is 0 Å². The Kier molecular flexibility index (Phi) is 8.21. The third-order valence-corrected chi connectivity index (χ3v) is 10.8. The van der Waals surface area contributed by atoms with E-state index in [4.69, 9.17) is 16.5 Å². The molecule has 0 unspecified atom stereocenters. The fourth-order valence-electron chi connectivity index (χ4n) is 7.96. The van der Waals surface area contributed by atoms with Crippen molar-refractivity contribution in [2.75, 3.05) is 0 Å². The lowest BCUT2D eigenvalue weighted by molar-refractivity contribution is 1.23. The topological polar surface area (TPSA) is 30.1 Å². The second kappa shape index (κ2) is 14.0. The molecule has 0 atom stereocenters. The average Bonchev–Trinajstić information content (AvgIpc) is 3.28. The van der Waals surface area contributed by atoms with Crippen LogP contribution < -0.4 is 0 Å². The summed E-state index contributed by atoms with van der Waals surface area (Å²) in [5.74, 6) is 0.704. The molecule has 56 heavy (non-hydrogen) atoms. The van der Waals surface area contributed by atoms with Crippen molar-refractivity contribution < 1.29 is 0 Å². The molecule has 9 aromatic carbocycles. The molecule has 0 saturated carbocycles. The number of fused-ring (bicyclic) bond motifs is 3. The number of nitrogens with zero attached hydrogens (tertiary/aromatic N) is 3. The average molecular weight is 712 g/mol. The Balaban J connectivity index is 1.02. The van der Waals surface area contributed by atoms with Crippen molar-refractivity contribution in [2.24, 2.45) is 0 Å².